The van der Waals surface area contributed by atoms with Crippen LogP contribution < -0.4 is 5.73 Å². The topological polar surface area (TPSA) is 144 Å². The van der Waals surface area contributed by atoms with E-state index in [1.165, 1.54) is 10.7 Å². The van der Waals surface area contributed by atoms with Crippen molar-refractivity contribution in [2.45, 2.75) is 6.92 Å². The molecule has 0 aliphatic heterocycles. The highest BCUT2D eigenvalue weighted by Crippen LogP contribution is 2.05. The van der Waals surface area contributed by atoms with Gasteiger partial charge in [0.1, 0.15) is 13.1 Å². The number of hydrogen-bond acceptors (Lipinski definition) is 6. The van der Waals surface area contributed by atoms with E-state index in [-0.39, 0.29) is 11.6 Å². The Kier molecular flexibility index (Phi) is 3.78. The molecule has 110 valence electrons. The minimum absolute atomic E-state index is 0.202. The van der Waals surface area contributed by atoms with E-state index in [9.17, 15) is 14.4 Å². The molecule has 10 nitrogen and oxygen atoms in total. The maximum atomic E-state index is 12.2. The van der Waals surface area contributed by atoms with E-state index in [1.807, 2.05) is 0 Å². The summed E-state index contributed by atoms with van der Waals surface area (Å²) in [5, 5.41) is 12.7. The first-order valence-corrected chi connectivity index (χ1v) is 5.86. The van der Waals surface area contributed by atoms with Crippen LogP contribution in [0.3, 0.4) is 0 Å². The van der Waals surface area contributed by atoms with E-state index in [0.717, 1.165) is 4.90 Å². The van der Waals surface area contributed by atoms with E-state index in [4.69, 9.17) is 10.8 Å². The lowest BCUT2D eigenvalue weighted by atomic mass is 10.4. The molecule has 2 heterocycles. The summed E-state index contributed by atoms with van der Waals surface area (Å²) in [5.74, 6) is -2.96. The third-order valence-corrected chi connectivity index (χ3v) is 2.58. The van der Waals surface area contributed by atoms with Gasteiger partial charge in [-0.1, -0.05) is 0 Å². The standard InChI is InChI=1S/C11H12N6O4/c1-6-2-3-13-11-14-9(15-17(6)11)10(21)16(4-7(12)18)5-8(19)20/h2-3H,4-5H2,1H3,(H2,12,18)(H,19,20). The average Bonchev–Trinajstić information content (AvgIpc) is 2.81. The molecule has 0 aliphatic rings. The molecule has 3 N–H and O–H groups in total. The highest BCUT2D eigenvalue weighted by atomic mass is 16.4. The van der Waals surface area contributed by atoms with Crippen LogP contribution in [-0.2, 0) is 9.59 Å². The molecule has 2 rings (SSSR count). The minimum atomic E-state index is -1.28. The van der Waals surface area contributed by atoms with Gasteiger partial charge in [-0.3, -0.25) is 14.4 Å². The van der Waals surface area contributed by atoms with Crippen molar-refractivity contribution < 1.29 is 19.5 Å². The van der Waals surface area contributed by atoms with Crippen LogP contribution in [0.1, 0.15) is 16.3 Å². The molecule has 2 aromatic rings. The molecule has 0 saturated carbocycles. The summed E-state index contributed by atoms with van der Waals surface area (Å²) >= 11 is 0. The third-order valence-electron chi connectivity index (χ3n) is 2.58. The number of primary amides is 1. The molecule has 0 aromatic carbocycles. The van der Waals surface area contributed by atoms with Crippen LogP contribution in [0.2, 0.25) is 0 Å². The fraction of sp³-hybridized carbons (Fsp3) is 0.273. The molecular weight excluding hydrogens is 280 g/mol. The van der Waals surface area contributed by atoms with Crippen molar-refractivity contribution in [1.29, 1.82) is 0 Å². The van der Waals surface area contributed by atoms with Gasteiger partial charge in [0.2, 0.25) is 11.7 Å². The van der Waals surface area contributed by atoms with Gasteiger partial charge in [-0.15, -0.1) is 5.10 Å². The van der Waals surface area contributed by atoms with Crippen LogP contribution in [0.4, 0.5) is 0 Å². The number of fused-ring (bicyclic) bond motifs is 1. The zero-order valence-electron chi connectivity index (χ0n) is 11.1. The second-order valence-electron chi connectivity index (χ2n) is 4.25. The molecule has 0 unspecified atom stereocenters. The first-order chi connectivity index (χ1) is 9.88. The molecule has 2 amide bonds. The zero-order chi connectivity index (χ0) is 15.6. The summed E-state index contributed by atoms with van der Waals surface area (Å²) in [6.07, 6.45) is 1.51. The molecule has 2 aromatic heterocycles. The molecule has 10 heteroatoms. The predicted octanol–water partition coefficient (Wildman–Crippen LogP) is -1.56. The molecular formula is C11H12N6O4. The van der Waals surface area contributed by atoms with Crippen LogP contribution in [0.15, 0.2) is 12.3 Å². The minimum Gasteiger partial charge on any atom is -0.480 e. The van der Waals surface area contributed by atoms with Gasteiger partial charge in [-0.05, 0) is 13.0 Å². The number of aromatic nitrogens is 4. The number of carboxylic acids is 1. The van der Waals surface area contributed by atoms with Gasteiger partial charge in [-0.2, -0.15) is 4.98 Å². The van der Waals surface area contributed by atoms with Gasteiger partial charge in [0.15, 0.2) is 0 Å². The molecule has 0 atom stereocenters. The Morgan fingerprint density at radius 3 is 2.67 bits per heavy atom. The lowest BCUT2D eigenvalue weighted by Crippen LogP contribution is -2.42. The number of carbonyl (C=O) groups excluding carboxylic acids is 2. The van der Waals surface area contributed by atoms with Crippen LogP contribution in [0, 0.1) is 6.92 Å². The molecule has 0 radical (unpaired) electrons. The molecule has 0 spiro atoms. The van der Waals surface area contributed by atoms with Crippen LogP contribution in [0.5, 0.6) is 0 Å². The summed E-state index contributed by atoms with van der Waals surface area (Å²) in [4.78, 5) is 42.5. The van der Waals surface area contributed by atoms with E-state index >= 15 is 0 Å². The Morgan fingerprint density at radius 1 is 1.38 bits per heavy atom. The number of carboxylic acid groups (broad SMARTS) is 1. The second-order valence-corrected chi connectivity index (χ2v) is 4.25. The SMILES string of the molecule is Cc1ccnc2nc(C(=O)N(CC(N)=O)CC(=O)O)nn12. The lowest BCUT2D eigenvalue weighted by molar-refractivity contribution is -0.138. The van der Waals surface area contributed by atoms with Crippen molar-refractivity contribution in [2.75, 3.05) is 13.1 Å². The maximum absolute atomic E-state index is 12.2. The monoisotopic (exact) mass is 292 g/mol. The van der Waals surface area contributed by atoms with Gasteiger partial charge >= 0.3 is 5.97 Å². The summed E-state index contributed by atoms with van der Waals surface area (Å²) in [7, 11) is 0. The van der Waals surface area contributed by atoms with Gasteiger partial charge in [0.25, 0.3) is 11.7 Å². The maximum Gasteiger partial charge on any atom is 0.323 e. The van der Waals surface area contributed by atoms with E-state index in [1.54, 1.807) is 13.0 Å². The van der Waals surface area contributed by atoms with Crippen LogP contribution in [-0.4, -0.2) is 60.5 Å². The number of amides is 2. The summed E-state index contributed by atoms with van der Waals surface area (Å²) in [6, 6.07) is 1.67. The van der Waals surface area contributed by atoms with Crippen molar-refractivity contribution in [2.24, 2.45) is 5.73 Å². The van der Waals surface area contributed by atoms with Gasteiger partial charge < -0.3 is 15.7 Å². The quantitative estimate of drug-likeness (QED) is 0.678. The Labute approximate surface area is 118 Å². The first-order valence-electron chi connectivity index (χ1n) is 5.86. The number of nitrogens with two attached hydrogens (primary N) is 1. The van der Waals surface area contributed by atoms with E-state index < -0.39 is 30.9 Å². The Bertz CT molecular complexity index is 709. The third kappa shape index (κ3) is 3.11. The highest BCUT2D eigenvalue weighted by Gasteiger charge is 2.24. The second kappa shape index (κ2) is 5.53. The molecule has 0 fully saturated rings. The largest absolute Gasteiger partial charge is 0.480 e. The van der Waals surface area contributed by atoms with E-state index in [2.05, 4.69) is 15.1 Å². The van der Waals surface area contributed by atoms with Gasteiger partial charge in [0.05, 0.1) is 0 Å². The zero-order valence-corrected chi connectivity index (χ0v) is 11.1. The van der Waals surface area contributed by atoms with Crippen molar-refractivity contribution in [3.8, 4) is 0 Å². The fourth-order valence-corrected chi connectivity index (χ4v) is 1.69. The number of carbonyl (C=O) groups is 3. The van der Waals surface area contributed by atoms with Gasteiger partial charge in [0, 0.05) is 11.9 Å². The predicted molar refractivity (Wildman–Crippen MR) is 68.3 cm³/mol. The van der Waals surface area contributed by atoms with Crippen LogP contribution in [0.25, 0.3) is 5.78 Å². The number of aliphatic carboxylic acids is 1. The normalized spacial score (nSPS) is 10.5. The molecule has 0 bridgehead atoms. The van der Waals surface area contributed by atoms with E-state index in [0.29, 0.717) is 5.69 Å². The smallest absolute Gasteiger partial charge is 0.323 e. The number of rotatable bonds is 5. The fourth-order valence-electron chi connectivity index (χ4n) is 1.69. The van der Waals surface area contributed by atoms with Gasteiger partial charge in [-0.25, -0.2) is 9.50 Å². The molecule has 21 heavy (non-hydrogen) atoms. The Balaban J connectivity index is 2.35. The average molecular weight is 292 g/mol. The Hall–Kier alpha value is -3.04. The van der Waals surface area contributed by atoms with Crippen molar-refractivity contribution in [3.63, 3.8) is 0 Å². The van der Waals surface area contributed by atoms with Crippen LogP contribution >= 0.6 is 0 Å². The number of nitrogens with zero attached hydrogens (tertiary/aromatic N) is 5. The number of aryl methyl sites for hydroxylation is 1. The summed E-state index contributed by atoms with van der Waals surface area (Å²) < 4.78 is 1.34. The summed E-state index contributed by atoms with van der Waals surface area (Å²) in [5.41, 5.74) is 5.70. The lowest BCUT2D eigenvalue weighted by Gasteiger charge is -2.16. The van der Waals surface area contributed by atoms with Crippen molar-refractivity contribution in [3.05, 3.63) is 23.8 Å². The van der Waals surface area contributed by atoms with Crippen molar-refractivity contribution >= 4 is 23.6 Å². The Morgan fingerprint density at radius 2 is 2.10 bits per heavy atom. The van der Waals surface area contributed by atoms with Crippen molar-refractivity contribution in [1.82, 2.24) is 24.5 Å². The highest BCUT2D eigenvalue weighted by molar-refractivity contribution is 5.95. The number of hydrogen-bond donors (Lipinski definition) is 2. The first kappa shape index (κ1) is 14.4. The molecule has 0 saturated heterocycles. The molecule has 0 aliphatic carbocycles. The summed E-state index contributed by atoms with van der Waals surface area (Å²) in [6.45, 7) is 0.535.